The first kappa shape index (κ1) is 19.9. The van der Waals surface area contributed by atoms with E-state index in [1.54, 1.807) is 13.8 Å². The molecule has 1 aromatic carbocycles. The van der Waals surface area contributed by atoms with Crippen molar-refractivity contribution < 1.29 is 18.9 Å². The minimum Gasteiger partial charge on any atom is -0.283 e. The normalized spacial score (nSPS) is 26.4. The van der Waals surface area contributed by atoms with Crippen molar-refractivity contribution >= 4 is 29.4 Å². The Morgan fingerprint density at radius 1 is 1.16 bits per heavy atom. The van der Waals surface area contributed by atoms with Crippen molar-refractivity contribution in [2.75, 3.05) is 13.1 Å². The number of likely N-dealkylation sites (tertiary alicyclic amines) is 1. The van der Waals surface area contributed by atoms with Crippen LogP contribution in [-0.4, -0.2) is 34.4 Å². The molecule has 0 saturated carbocycles. The molecule has 1 heterocycles. The second-order valence-electron chi connectivity index (χ2n) is 7.51. The van der Waals surface area contributed by atoms with E-state index in [9.17, 15) is 14.4 Å². The second-order valence-corrected chi connectivity index (χ2v) is 7.92. The van der Waals surface area contributed by atoms with Gasteiger partial charge in [0.05, 0.1) is 13.1 Å². The highest BCUT2D eigenvalue weighted by atomic mass is 32.1. The summed E-state index contributed by atoms with van der Waals surface area (Å²) in [5, 5.41) is -0.339. The lowest BCUT2D eigenvalue weighted by Gasteiger charge is -2.44. The first-order valence-electron chi connectivity index (χ1n) is 8.95. The Bertz CT molecular complexity index is 685. The summed E-state index contributed by atoms with van der Waals surface area (Å²) in [6, 6.07) is 9.33. The lowest BCUT2D eigenvalue weighted by Crippen LogP contribution is -2.67. The van der Waals surface area contributed by atoms with Gasteiger partial charge in [0, 0.05) is 23.8 Å². The van der Waals surface area contributed by atoms with Crippen LogP contribution in [0, 0.1) is 5.41 Å². The molecule has 0 aromatic heterocycles. The number of carbonyl (C=O) groups excluding carboxylic acids is 3. The average molecular weight is 363 g/mol. The van der Waals surface area contributed by atoms with Gasteiger partial charge < -0.3 is 0 Å². The van der Waals surface area contributed by atoms with Crippen LogP contribution in [-0.2, 0) is 19.9 Å². The summed E-state index contributed by atoms with van der Waals surface area (Å²) in [5.74, 6) is -0.855. The van der Waals surface area contributed by atoms with Crippen LogP contribution in [0.4, 0.5) is 0 Å². The fourth-order valence-electron chi connectivity index (χ4n) is 4.02. The van der Waals surface area contributed by atoms with Crippen LogP contribution in [0.25, 0.3) is 0 Å². The van der Waals surface area contributed by atoms with Crippen LogP contribution >= 0.6 is 12.6 Å². The molecule has 0 radical (unpaired) electrons. The van der Waals surface area contributed by atoms with Gasteiger partial charge in [-0.1, -0.05) is 63.7 Å². The Hall–Kier alpha value is -1.46. The Morgan fingerprint density at radius 2 is 1.76 bits per heavy atom. The number of carbonyl (C=O) groups is 3. The van der Waals surface area contributed by atoms with Crippen molar-refractivity contribution in [3.05, 3.63) is 35.9 Å². The molecule has 136 valence electrons. The number of nitrogens with zero attached hydrogens (tertiary/aromatic N) is 1. The van der Waals surface area contributed by atoms with E-state index in [-0.39, 0.29) is 9.60 Å². The third-order valence-electron chi connectivity index (χ3n) is 6.04. The monoisotopic (exact) mass is 362 g/mol. The van der Waals surface area contributed by atoms with E-state index in [0.717, 1.165) is 5.56 Å². The van der Waals surface area contributed by atoms with Crippen LogP contribution in [0.5, 0.6) is 0 Å². The summed E-state index contributed by atoms with van der Waals surface area (Å²) in [7, 11) is 0. The van der Waals surface area contributed by atoms with Gasteiger partial charge in [-0.15, -0.1) is 0 Å². The molecule has 2 atom stereocenters. The zero-order chi connectivity index (χ0) is 18.9. The smallest absolute Gasteiger partial charge is 0.283 e. The molecule has 2 unspecified atom stereocenters. The maximum Gasteiger partial charge on any atom is 0.383 e. The van der Waals surface area contributed by atoms with Gasteiger partial charge in [0.15, 0.2) is 0 Å². The van der Waals surface area contributed by atoms with Gasteiger partial charge in [-0.05, 0) is 13.3 Å². The van der Waals surface area contributed by atoms with E-state index in [0.29, 0.717) is 32.4 Å². The van der Waals surface area contributed by atoms with Crippen LogP contribution < -0.4 is 0 Å². The molecule has 0 aliphatic carbocycles. The number of benzene rings is 1. The van der Waals surface area contributed by atoms with E-state index in [2.05, 4.69) is 12.6 Å². The summed E-state index contributed by atoms with van der Waals surface area (Å²) >= 11 is 4.20. The number of hydrogen-bond donors (Lipinski definition) is 1. The summed E-state index contributed by atoms with van der Waals surface area (Å²) < 4.78 is -0.151. The maximum absolute atomic E-state index is 13.4. The van der Waals surface area contributed by atoms with Gasteiger partial charge in [-0.2, -0.15) is 0 Å². The number of thiol groups is 1. The van der Waals surface area contributed by atoms with Crippen molar-refractivity contribution in [2.45, 2.75) is 52.5 Å². The molecule has 1 aliphatic heterocycles. The SMILES string of the molecule is CCC(C)(C)C(=O)C(=O)[N+]1(CC)CCCC1(C(=O)S)c1ccccc1. The molecule has 5 heteroatoms. The lowest BCUT2D eigenvalue weighted by atomic mass is 9.81. The Labute approximate surface area is 155 Å². The first-order chi connectivity index (χ1) is 11.7. The van der Waals surface area contributed by atoms with Gasteiger partial charge in [0.2, 0.25) is 5.54 Å². The van der Waals surface area contributed by atoms with Gasteiger partial charge in [0.1, 0.15) is 0 Å². The molecular weight excluding hydrogens is 334 g/mol. The number of Topliss-reactive ketones (excluding diaryl/α,β-unsaturated/α-hetero) is 1. The number of rotatable bonds is 6. The van der Waals surface area contributed by atoms with Crippen molar-refractivity contribution in [1.29, 1.82) is 0 Å². The summed E-state index contributed by atoms with van der Waals surface area (Å²) in [6.45, 7) is 8.25. The van der Waals surface area contributed by atoms with E-state index < -0.39 is 22.6 Å². The van der Waals surface area contributed by atoms with Crippen LogP contribution in [0.15, 0.2) is 30.3 Å². The molecule has 25 heavy (non-hydrogen) atoms. The molecule has 4 nitrogen and oxygen atoms in total. The highest BCUT2D eigenvalue weighted by Crippen LogP contribution is 2.48. The minimum atomic E-state index is -1.09. The zero-order valence-corrected chi connectivity index (χ0v) is 16.4. The number of quaternary nitrogens is 1. The molecule has 0 bridgehead atoms. The number of ketones is 1. The number of likely N-dealkylation sites (N-methyl/N-ethyl adjacent to an activating group) is 1. The standard InChI is InChI=1S/C20H27NO3S/c1-5-19(3,4)16(22)17(23)21(6-2)14-10-13-20(21,18(24)25)15-11-8-7-9-12-15/h7-9,11-12H,5-6,10,13-14H2,1-4H3/p+1. The predicted octanol–water partition coefficient (Wildman–Crippen LogP) is 3.50. The third-order valence-corrected chi connectivity index (χ3v) is 6.41. The average Bonchev–Trinajstić information content (AvgIpc) is 3.02. The highest BCUT2D eigenvalue weighted by Gasteiger charge is 2.65. The molecule has 2 rings (SSSR count). The number of amides is 1. The van der Waals surface area contributed by atoms with Gasteiger partial charge in [-0.3, -0.25) is 9.59 Å². The third kappa shape index (κ3) is 2.87. The largest absolute Gasteiger partial charge is 0.383 e. The molecule has 0 spiro atoms. The maximum atomic E-state index is 13.4. The molecule has 1 aliphatic rings. The van der Waals surface area contributed by atoms with Gasteiger partial charge in [-0.25, -0.2) is 9.28 Å². The summed E-state index contributed by atoms with van der Waals surface area (Å²) in [4.78, 5) is 39.2. The first-order valence-corrected chi connectivity index (χ1v) is 9.39. The summed E-state index contributed by atoms with van der Waals surface area (Å²) in [5.41, 5.74) is -1.05. The van der Waals surface area contributed by atoms with E-state index in [1.165, 1.54) is 0 Å². The fourth-order valence-corrected chi connectivity index (χ4v) is 4.45. The Balaban J connectivity index is 2.67. The molecule has 1 saturated heterocycles. The van der Waals surface area contributed by atoms with Crippen molar-refractivity contribution in [3.8, 4) is 0 Å². The van der Waals surface area contributed by atoms with Crippen molar-refractivity contribution in [2.24, 2.45) is 5.41 Å². The quantitative estimate of drug-likeness (QED) is 0.479. The van der Waals surface area contributed by atoms with Crippen LogP contribution in [0.3, 0.4) is 0 Å². The van der Waals surface area contributed by atoms with E-state index in [4.69, 9.17) is 0 Å². The molecule has 1 aromatic rings. The lowest BCUT2D eigenvalue weighted by molar-refractivity contribution is -0.884. The predicted molar refractivity (Wildman–Crippen MR) is 101 cm³/mol. The fraction of sp³-hybridized carbons (Fsp3) is 0.550. The number of hydrogen-bond acceptors (Lipinski definition) is 3. The topological polar surface area (TPSA) is 51.2 Å². The minimum absolute atomic E-state index is 0.151. The Morgan fingerprint density at radius 3 is 2.24 bits per heavy atom. The zero-order valence-electron chi connectivity index (χ0n) is 15.5. The highest BCUT2D eigenvalue weighted by molar-refractivity contribution is 7.96. The Kier molecular flexibility index (Phi) is 5.59. The molecule has 1 fully saturated rings. The van der Waals surface area contributed by atoms with E-state index in [1.807, 2.05) is 44.2 Å². The van der Waals surface area contributed by atoms with Crippen molar-refractivity contribution in [1.82, 2.24) is 0 Å². The molecule has 0 N–H and O–H groups in total. The second kappa shape index (κ2) is 7.04. The van der Waals surface area contributed by atoms with Crippen molar-refractivity contribution in [3.63, 3.8) is 0 Å². The molecular formula is C20H28NO3S+. The molecule has 1 amide bonds. The van der Waals surface area contributed by atoms with E-state index >= 15 is 0 Å². The van der Waals surface area contributed by atoms with Crippen LogP contribution in [0.2, 0.25) is 0 Å². The van der Waals surface area contributed by atoms with Gasteiger partial charge in [0.25, 0.3) is 10.9 Å². The summed E-state index contributed by atoms with van der Waals surface area (Å²) in [6.07, 6.45) is 1.81. The van der Waals surface area contributed by atoms with Gasteiger partial charge >= 0.3 is 5.91 Å². The van der Waals surface area contributed by atoms with Crippen LogP contribution in [0.1, 0.15) is 52.5 Å².